The largest absolute Gasteiger partial charge is 0.353 e. The highest BCUT2D eigenvalue weighted by Crippen LogP contribution is 2.17. The SMILES string of the molecule is N#Cc1ccc(CN2CCCN(C(=O)NCCC(=O)NC3CCCC3)CC2)cc1. The van der Waals surface area contributed by atoms with Gasteiger partial charge >= 0.3 is 6.03 Å². The molecule has 2 N–H and O–H groups in total. The second-order valence-electron chi connectivity index (χ2n) is 7.96. The van der Waals surface area contributed by atoms with Crippen LogP contribution in [0.3, 0.4) is 0 Å². The van der Waals surface area contributed by atoms with E-state index >= 15 is 0 Å². The average Bonchev–Trinajstić information content (AvgIpc) is 3.12. The summed E-state index contributed by atoms with van der Waals surface area (Å²) >= 11 is 0. The molecule has 2 fully saturated rings. The molecule has 2 aliphatic rings. The van der Waals surface area contributed by atoms with E-state index in [1.54, 1.807) is 0 Å². The number of nitrogens with zero attached hydrogens (tertiary/aromatic N) is 3. The van der Waals surface area contributed by atoms with Crippen molar-refractivity contribution in [3.05, 3.63) is 35.4 Å². The molecule has 1 aromatic carbocycles. The Kier molecular flexibility index (Phi) is 7.88. The van der Waals surface area contributed by atoms with Gasteiger partial charge in [-0.05, 0) is 37.0 Å². The molecule has 7 heteroatoms. The molecule has 1 saturated heterocycles. The molecular weight excluding hydrogens is 366 g/mol. The fourth-order valence-corrected chi connectivity index (χ4v) is 4.04. The molecule has 1 saturated carbocycles. The van der Waals surface area contributed by atoms with Gasteiger partial charge in [0.15, 0.2) is 0 Å². The van der Waals surface area contributed by atoms with Crippen LogP contribution in [0.5, 0.6) is 0 Å². The second-order valence-corrected chi connectivity index (χ2v) is 7.96. The molecule has 1 aromatic rings. The minimum absolute atomic E-state index is 0.0293. The molecule has 0 radical (unpaired) electrons. The molecular formula is C22H31N5O2. The van der Waals surface area contributed by atoms with Gasteiger partial charge in [0.2, 0.25) is 5.91 Å². The number of hydrogen-bond acceptors (Lipinski definition) is 4. The first kappa shape index (κ1) is 21.1. The van der Waals surface area contributed by atoms with Crippen molar-refractivity contribution in [3.8, 4) is 6.07 Å². The zero-order valence-corrected chi connectivity index (χ0v) is 17.0. The highest BCUT2D eigenvalue weighted by Gasteiger charge is 2.20. The first-order valence-corrected chi connectivity index (χ1v) is 10.7. The number of nitrogens with one attached hydrogen (secondary N) is 2. The van der Waals surface area contributed by atoms with Crippen molar-refractivity contribution < 1.29 is 9.59 Å². The monoisotopic (exact) mass is 397 g/mol. The van der Waals surface area contributed by atoms with E-state index in [-0.39, 0.29) is 11.9 Å². The normalized spacial score (nSPS) is 18.1. The van der Waals surface area contributed by atoms with E-state index in [2.05, 4.69) is 21.6 Å². The van der Waals surface area contributed by atoms with Gasteiger partial charge in [-0.15, -0.1) is 0 Å². The van der Waals surface area contributed by atoms with Gasteiger partial charge in [0, 0.05) is 51.7 Å². The minimum atomic E-state index is -0.0844. The van der Waals surface area contributed by atoms with Crippen LogP contribution in [-0.4, -0.2) is 60.5 Å². The molecule has 1 aliphatic carbocycles. The van der Waals surface area contributed by atoms with E-state index in [0.717, 1.165) is 45.4 Å². The number of hydrogen-bond donors (Lipinski definition) is 2. The summed E-state index contributed by atoms with van der Waals surface area (Å²) in [6.07, 6.45) is 5.79. The van der Waals surface area contributed by atoms with Gasteiger partial charge in [0.25, 0.3) is 0 Å². The van der Waals surface area contributed by atoms with E-state index in [4.69, 9.17) is 5.26 Å². The Morgan fingerprint density at radius 2 is 1.79 bits per heavy atom. The molecule has 1 aliphatic heterocycles. The van der Waals surface area contributed by atoms with E-state index in [1.807, 2.05) is 29.2 Å². The van der Waals surface area contributed by atoms with Crippen molar-refractivity contribution >= 4 is 11.9 Å². The fraction of sp³-hybridized carbons (Fsp3) is 0.591. The molecule has 0 aromatic heterocycles. The lowest BCUT2D eigenvalue weighted by Crippen LogP contribution is -2.43. The first-order chi connectivity index (χ1) is 14.1. The number of carbonyl (C=O) groups excluding carboxylic acids is 2. The summed E-state index contributed by atoms with van der Waals surface area (Å²) in [4.78, 5) is 28.6. The summed E-state index contributed by atoms with van der Waals surface area (Å²) in [5, 5.41) is 14.8. The average molecular weight is 398 g/mol. The fourth-order valence-electron chi connectivity index (χ4n) is 4.04. The standard InChI is InChI=1S/C22H31N5O2/c23-16-18-6-8-19(9-7-18)17-26-12-3-13-27(15-14-26)22(29)24-11-10-21(28)25-20-4-1-2-5-20/h6-9,20H,1-5,10-15,17H2,(H,24,29)(H,25,28). The number of amides is 3. The summed E-state index contributed by atoms with van der Waals surface area (Å²) in [6, 6.07) is 10.0. The number of carbonyl (C=O) groups is 2. The van der Waals surface area contributed by atoms with Gasteiger partial charge < -0.3 is 15.5 Å². The van der Waals surface area contributed by atoms with E-state index < -0.39 is 0 Å². The Balaban J connectivity index is 1.36. The molecule has 3 rings (SSSR count). The lowest BCUT2D eigenvalue weighted by molar-refractivity contribution is -0.121. The molecule has 29 heavy (non-hydrogen) atoms. The molecule has 7 nitrogen and oxygen atoms in total. The van der Waals surface area contributed by atoms with Crippen molar-refractivity contribution in [3.63, 3.8) is 0 Å². The predicted molar refractivity (Wildman–Crippen MR) is 111 cm³/mol. The van der Waals surface area contributed by atoms with Crippen molar-refractivity contribution in [1.29, 1.82) is 5.26 Å². The summed E-state index contributed by atoms with van der Waals surface area (Å²) < 4.78 is 0. The van der Waals surface area contributed by atoms with Crippen LogP contribution in [-0.2, 0) is 11.3 Å². The first-order valence-electron chi connectivity index (χ1n) is 10.7. The number of rotatable bonds is 6. The number of benzene rings is 1. The van der Waals surface area contributed by atoms with E-state index in [9.17, 15) is 9.59 Å². The van der Waals surface area contributed by atoms with Crippen LogP contribution < -0.4 is 10.6 Å². The van der Waals surface area contributed by atoms with E-state index in [1.165, 1.54) is 18.4 Å². The Hall–Kier alpha value is -2.59. The van der Waals surface area contributed by atoms with Gasteiger partial charge in [-0.25, -0.2) is 4.79 Å². The zero-order chi connectivity index (χ0) is 20.5. The van der Waals surface area contributed by atoms with Gasteiger partial charge in [-0.1, -0.05) is 25.0 Å². The predicted octanol–water partition coefficient (Wildman–Crippen LogP) is 2.22. The maximum atomic E-state index is 12.4. The smallest absolute Gasteiger partial charge is 0.317 e. The number of nitriles is 1. The van der Waals surface area contributed by atoms with Crippen molar-refractivity contribution in [2.24, 2.45) is 0 Å². The Morgan fingerprint density at radius 3 is 2.52 bits per heavy atom. The Labute approximate surface area is 173 Å². The quantitative estimate of drug-likeness (QED) is 0.770. The topological polar surface area (TPSA) is 88.5 Å². The molecule has 156 valence electrons. The molecule has 3 amide bonds. The second kappa shape index (κ2) is 10.8. The van der Waals surface area contributed by atoms with Gasteiger partial charge in [0.05, 0.1) is 11.6 Å². The molecule has 0 bridgehead atoms. The third-order valence-electron chi connectivity index (χ3n) is 5.71. The lowest BCUT2D eigenvalue weighted by atomic mass is 10.1. The van der Waals surface area contributed by atoms with Crippen LogP contribution in [0.15, 0.2) is 24.3 Å². The van der Waals surface area contributed by atoms with Gasteiger partial charge in [-0.3, -0.25) is 9.69 Å². The minimum Gasteiger partial charge on any atom is -0.353 e. The molecule has 1 heterocycles. The third kappa shape index (κ3) is 6.75. The van der Waals surface area contributed by atoms with Crippen molar-refractivity contribution in [2.45, 2.75) is 51.1 Å². The Morgan fingerprint density at radius 1 is 1.03 bits per heavy atom. The van der Waals surface area contributed by atoms with Crippen molar-refractivity contribution in [2.75, 3.05) is 32.7 Å². The van der Waals surface area contributed by atoms with Crippen LogP contribution in [0.25, 0.3) is 0 Å². The maximum Gasteiger partial charge on any atom is 0.317 e. The van der Waals surface area contributed by atoms with Gasteiger partial charge in [0.1, 0.15) is 0 Å². The summed E-state index contributed by atoms with van der Waals surface area (Å²) in [5.74, 6) is 0.0293. The van der Waals surface area contributed by atoms with Crippen LogP contribution in [0.4, 0.5) is 4.79 Å². The van der Waals surface area contributed by atoms with Gasteiger partial charge in [-0.2, -0.15) is 5.26 Å². The van der Waals surface area contributed by atoms with Crippen LogP contribution in [0.1, 0.15) is 49.7 Å². The summed E-state index contributed by atoms with van der Waals surface area (Å²) in [5.41, 5.74) is 1.85. The van der Waals surface area contributed by atoms with Crippen LogP contribution in [0, 0.1) is 11.3 Å². The zero-order valence-electron chi connectivity index (χ0n) is 17.0. The highest BCUT2D eigenvalue weighted by atomic mass is 16.2. The summed E-state index contributed by atoms with van der Waals surface area (Å²) in [7, 11) is 0. The maximum absolute atomic E-state index is 12.4. The van der Waals surface area contributed by atoms with Crippen LogP contribution in [0.2, 0.25) is 0 Å². The molecule has 0 spiro atoms. The third-order valence-corrected chi connectivity index (χ3v) is 5.71. The van der Waals surface area contributed by atoms with Crippen LogP contribution >= 0.6 is 0 Å². The summed E-state index contributed by atoms with van der Waals surface area (Å²) in [6.45, 7) is 4.36. The van der Waals surface area contributed by atoms with E-state index in [0.29, 0.717) is 31.1 Å². The van der Waals surface area contributed by atoms with Crippen molar-refractivity contribution in [1.82, 2.24) is 20.4 Å². The molecule has 0 atom stereocenters. The Bertz CT molecular complexity index is 722. The molecule has 0 unspecified atom stereocenters. The highest BCUT2D eigenvalue weighted by molar-refractivity contribution is 5.78. The lowest BCUT2D eigenvalue weighted by Gasteiger charge is -2.22. The number of urea groups is 1.